The number of ether oxygens (including phenoxy) is 1. The topological polar surface area (TPSA) is 75.7 Å². The van der Waals surface area contributed by atoms with Crippen LogP contribution in [0.3, 0.4) is 0 Å². The van der Waals surface area contributed by atoms with Crippen LogP contribution < -0.4 is 15.0 Å². The standard InChI is InChI=1S/C18H12BrClN2O4/c1-26-15-6-5-12(20)7-10(15)8-14-16(23)21-18(25)22(17(14)24)13-4-2-3-11(19)9-13/h2-9H,1H3,(H,21,23,25). The van der Waals surface area contributed by atoms with E-state index in [9.17, 15) is 14.4 Å². The molecule has 1 aliphatic heterocycles. The lowest BCUT2D eigenvalue weighted by Gasteiger charge is -2.26. The number of benzene rings is 2. The summed E-state index contributed by atoms with van der Waals surface area (Å²) in [6, 6.07) is 10.6. The third-order valence-electron chi connectivity index (χ3n) is 3.66. The van der Waals surface area contributed by atoms with E-state index in [4.69, 9.17) is 16.3 Å². The highest BCUT2D eigenvalue weighted by atomic mass is 79.9. The summed E-state index contributed by atoms with van der Waals surface area (Å²) >= 11 is 9.28. The number of nitrogens with zero attached hydrogens (tertiary/aromatic N) is 1. The average molecular weight is 436 g/mol. The van der Waals surface area contributed by atoms with Crippen molar-refractivity contribution in [3.63, 3.8) is 0 Å². The smallest absolute Gasteiger partial charge is 0.335 e. The maximum Gasteiger partial charge on any atom is 0.335 e. The Morgan fingerprint density at radius 1 is 1.15 bits per heavy atom. The Labute approximate surface area is 162 Å². The number of hydrogen-bond donors (Lipinski definition) is 1. The quantitative estimate of drug-likeness (QED) is 0.588. The van der Waals surface area contributed by atoms with Gasteiger partial charge < -0.3 is 4.74 Å². The van der Waals surface area contributed by atoms with Crippen molar-refractivity contribution in [3.8, 4) is 5.75 Å². The third kappa shape index (κ3) is 3.49. The number of urea groups is 1. The zero-order valence-electron chi connectivity index (χ0n) is 13.5. The van der Waals surface area contributed by atoms with Crippen LogP contribution in [0.1, 0.15) is 5.56 Å². The van der Waals surface area contributed by atoms with Crippen molar-refractivity contribution >= 4 is 57.1 Å². The minimum atomic E-state index is -0.812. The van der Waals surface area contributed by atoms with Crippen LogP contribution in [0.25, 0.3) is 6.08 Å². The van der Waals surface area contributed by atoms with Gasteiger partial charge in [0.05, 0.1) is 12.8 Å². The molecule has 0 aromatic heterocycles. The molecule has 6 nitrogen and oxygen atoms in total. The van der Waals surface area contributed by atoms with E-state index in [-0.39, 0.29) is 5.57 Å². The van der Waals surface area contributed by atoms with Gasteiger partial charge in [-0.25, -0.2) is 9.69 Å². The lowest BCUT2D eigenvalue weighted by atomic mass is 10.1. The van der Waals surface area contributed by atoms with Crippen molar-refractivity contribution < 1.29 is 19.1 Å². The first-order valence-corrected chi connectivity index (χ1v) is 8.58. The maximum absolute atomic E-state index is 12.8. The number of rotatable bonds is 3. The normalized spacial score (nSPS) is 16.0. The van der Waals surface area contributed by atoms with Crippen LogP contribution in [-0.2, 0) is 9.59 Å². The summed E-state index contributed by atoms with van der Waals surface area (Å²) in [4.78, 5) is 38.1. The number of carbonyl (C=O) groups is 3. The lowest BCUT2D eigenvalue weighted by Crippen LogP contribution is -2.54. The van der Waals surface area contributed by atoms with E-state index >= 15 is 0 Å². The van der Waals surface area contributed by atoms with Crippen LogP contribution in [0.4, 0.5) is 10.5 Å². The van der Waals surface area contributed by atoms with Crippen molar-refractivity contribution in [2.24, 2.45) is 0 Å². The molecule has 2 aromatic rings. The Bertz CT molecular complexity index is 958. The minimum absolute atomic E-state index is 0.204. The molecule has 1 aliphatic rings. The average Bonchev–Trinajstić information content (AvgIpc) is 2.58. The van der Waals surface area contributed by atoms with E-state index in [1.807, 2.05) is 0 Å². The Hall–Kier alpha value is -2.64. The molecular formula is C18H12BrClN2O4. The van der Waals surface area contributed by atoms with Gasteiger partial charge in [-0.05, 0) is 42.5 Å². The van der Waals surface area contributed by atoms with Gasteiger partial charge in [-0.2, -0.15) is 0 Å². The first kappa shape index (κ1) is 18.2. The van der Waals surface area contributed by atoms with Crippen LogP contribution in [-0.4, -0.2) is 25.0 Å². The first-order chi connectivity index (χ1) is 12.4. The summed E-state index contributed by atoms with van der Waals surface area (Å²) in [5.74, 6) is -1.08. The fraction of sp³-hybridized carbons (Fsp3) is 0.0556. The molecule has 1 fully saturated rings. The van der Waals surface area contributed by atoms with Gasteiger partial charge in [-0.1, -0.05) is 33.6 Å². The van der Waals surface area contributed by atoms with Crippen molar-refractivity contribution in [3.05, 3.63) is 63.1 Å². The summed E-state index contributed by atoms with van der Waals surface area (Å²) in [6.07, 6.45) is 1.35. The SMILES string of the molecule is COc1ccc(Cl)cc1C=C1C(=O)NC(=O)N(c2cccc(Br)c2)C1=O. The highest BCUT2D eigenvalue weighted by Crippen LogP contribution is 2.28. The molecule has 0 bridgehead atoms. The molecule has 0 atom stereocenters. The van der Waals surface area contributed by atoms with Crippen LogP contribution >= 0.6 is 27.5 Å². The van der Waals surface area contributed by atoms with Gasteiger partial charge in [0.25, 0.3) is 11.8 Å². The molecule has 1 N–H and O–H groups in total. The number of halogens is 2. The second-order valence-corrected chi connectivity index (χ2v) is 6.68. The van der Waals surface area contributed by atoms with Gasteiger partial charge in [0.15, 0.2) is 0 Å². The fourth-order valence-electron chi connectivity index (χ4n) is 2.48. The summed E-state index contributed by atoms with van der Waals surface area (Å²) in [7, 11) is 1.46. The molecule has 0 aliphatic carbocycles. The molecule has 0 unspecified atom stereocenters. The van der Waals surface area contributed by atoms with E-state index in [1.165, 1.54) is 13.2 Å². The van der Waals surface area contributed by atoms with Crippen LogP contribution in [0.5, 0.6) is 5.75 Å². The van der Waals surface area contributed by atoms with Gasteiger partial charge in [0, 0.05) is 15.1 Å². The predicted octanol–water partition coefficient (Wildman–Crippen LogP) is 3.78. The number of hydrogen-bond acceptors (Lipinski definition) is 4. The van der Waals surface area contributed by atoms with Crippen LogP contribution in [0.2, 0.25) is 5.02 Å². The number of amides is 4. The number of nitrogens with one attached hydrogen (secondary N) is 1. The van der Waals surface area contributed by atoms with E-state index < -0.39 is 17.8 Å². The van der Waals surface area contributed by atoms with Gasteiger partial charge in [-0.3, -0.25) is 14.9 Å². The summed E-state index contributed by atoms with van der Waals surface area (Å²) in [6.45, 7) is 0. The monoisotopic (exact) mass is 434 g/mol. The third-order valence-corrected chi connectivity index (χ3v) is 4.39. The number of carbonyl (C=O) groups excluding carboxylic acids is 3. The molecule has 0 radical (unpaired) electrons. The molecule has 0 saturated carbocycles. The predicted molar refractivity (Wildman–Crippen MR) is 101 cm³/mol. The largest absolute Gasteiger partial charge is 0.496 e. The molecule has 132 valence electrons. The van der Waals surface area contributed by atoms with Gasteiger partial charge in [0.2, 0.25) is 0 Å². The summed E-state index contributed by atoms with van der Waals surface area (Å²) in [5, 5.41) is 2.59. The van der Waals surface area contributed by atoms with E-state index in [0.717, 1.165) is 4.90 Å². The maximum atomic E-state index is 12.8. The molecule has 4 amide bonds. The Kier molecular flexibility index (Phi) is 5.11. The summed E-state index contributed by atoms with van der Waals surface area (Å²) in [5.41, 5.74) is 0.575. The summed E-state index contributed by atoms with van der Waals surface area (Å²) < 4.78 is 5.92. The molecular weight excluding hydrogens is 424 g/mol. The zero-order valence-corrected chi connectivity index (χ0v) is 15.8. The Morgan fingerprint density at radius 3 is 2.62 bits per heavy atom. The first-order valence-electron chi connectivity index (χ1n) is 7.41. The second-order valence-electron chi connectivity index (χ2n) is 5.32. The molecule has 2 aromatic carbocycles. The molecule has 3 rings (SSSR count). The highest BCUT2D eigenvalue weighted by Gasteiger charge is 2.37. The zero-order chi connectivity index (χ0) is 18.8. The number of barbiturate groups is 1. The van der Waals surface area contributed by atoms with Gasteiger partial charge >= 0.3 is 6.03 Å². The fourth-order valence-corrected chi connectivity index (χ4v) is 3.05. The molecule has 26 heavy (non-hydrogen) atoms. The number of imide groups is 2. The Balaban J connectivity index is 2.07. The van der Waals surface area contributed by atoms with Crippen molar-refractivity contribution in [2.45, 2.75) is 0 Å². The van der Waals surface area contributed by atoms with Gasteiger partial charge in [0.1, 0.15) is 11.3 Å². The van der Waals surface area contributed by atoms with E-state index in [1.54, 1.807) is 42.5 Å². The molecule has 0 spiro atoms. The van der Waals surface area contributed by atoms with Crippen molar-refractivity contribution in [2.75, 3.05) is 12.0 Å². The van der Waals surface area contributed by atoms with Crippen molar-refractivity contribution in [1.82, 2.24) is 5.32 Å². The Morgan fingerprint density at radius 2 is 1.92 bits per heavy atom. The molecule has 1 saturated heterocycles. The number of methoxy groups -OCH3 is 1. The van der Waals surface area contributed by atoms with Crippen LogP contribution in [0, 0.1) is 0 Å². The second kappa shape index (κ2) is 7.31. The van der Waals surface area contributed by atoms with E-state index in [0.29, 0.717) is 26.5 Å². The van der Waals surface area contributed by atoms with Crippen LogP contribution in [0.15, 0.2) is 52.5 Å². The minimum Gasteiger partial charge on any atom is -0.496 e. The van der Waals surface area contributed by atoms with Crippen molar-refractivity contribution in [1.29, 1.82) is 0 Å². The van der Waals surface area contributed by atoms with Gasteiger partial charge in [-0.15, -0.1) is 0 Å². The number of anilines is 1. The molecule has 1 heterocycles. The highest BCUT2D eigenvalue weighted by molar-refractivity contribution is 9.10. The molecule has 8 heteroatoms. The lowest BCUT2D eigenvalue weighted by molar-refractivity contribution is -0.122. The van der Waals surface area contributed by atoms with E-state index in [2.05, 4.69) is 21.2 Å².